The first kappa shape index (κ1) is 17.6. The van der Waals surface area contributed by atoms with Gasteiger partial charge in [-0.1, -0.05) is 12.1 Å². The first-order valence-electron chi connectivity index (χ1n) is 8.52. The molecule has 28 heavy (non-hydrogen) atoms. The summed E-state index contributed by atoms with van der Waals surface area (Å²) in [5.74, 6) is 0.0331. The number of furan rings is 1. The minimum atomic E-state index is -1.21. The van der Waals surface area contributed by atoms with E-state index in [-0.39, 0.29) is 19.1 Å². The largest absolute Gasteiger partial charge is 0.457 e. The maximum atomic E-state index is 12.7. The Kier molecular flexibility index (Phi) is 4.92. The molecule has 1 atom stereocenters. The van der Waals surface area contributed by atoms with E-state index in [2.05, 4.69) is 10.3 Å². The Hall–Kier alpha value is -3.81. The topological polar surface area (TPSA) is 99.9 Å². The highest BCUT2D eigenvalue weighted by molar-refractivity contribution is 5.90. The fourth-order valence-electron chi connectivity index (χ4n) is 2.67. The van der Waals surface area contributed by atoms with Crippen LogP contribution in [0.3, 0.4) is 0 Å². The minimum Gasteiger partial charge on any atom is -0.457 e. The molecule has 8 heteroatoms. The Balaban J connectivity index is 1.47. The van der Waals surface area contributed by atoms with Gasteiger partial charge in [-0.25, -0.2) is 4.79 Å². The molecule has 1 N–H and O–H groups in total. The summed E-state index contributed by atoms with van der Waals surface area (Å²) in [6, 6.07) is 13.4. The van der Waals surface area contributed by atoms with Crippen LogP contribution >= 0.6 is 0 Å². The number of pyridine rings is 1. The van der Waals surface area contributed by atoms with Crippen LogP contribution in [-0.4, -0.2) is 23.7 Å². The third kappa shape index (κ3) is 3.80. The van der Waals surface area contributed by atoms with Crippen LogP contribution in [0.15, 0.2) is 65.4 Å². The molecular weight excluding hydrogens is 364 g/mol. The van der Waals surface area contributed by atoms with Crippen molar-refractivity contribution in [3.63, 3.8) is 0 Å². The van der Waals surface area contributed by atoms with Crippen molar-refractivity contribution in [3.8, 4) is 11.5 Å². The highest BCUT2D eigenvalue weighted by Crippen LogP contribution is 2.32. The van der Waals surface area contributed by atoms with Crippen molar-refractivity contribution < 1.29 is 28.2 Å². The first-order valence-corrected chi connectivity index (χ1v) is 8.52. The van der Waals surface area contributed by atoms with E-state index in [1.54, 1.807) is 36.4 Å². The van der Waals surface area contributed by atoms with E-state index in [1.165, 1.54) is 18.5 Å². The highest BCUT2D eigenvalue weighted by atomic mass is 16.7. The molecule has 1 aromatic carbocycles. The van der Waals surface area contributed by atoms with Gasteiger partial charge in [0.2, 0.25) is 18.7 Å². The zero-order chi connectivity index (χ0) is 19.3. The molecule has 142 valence electrons. The maximum absolute atomic E-state index is 12.7. The maximum Gasteiger partial charge on any atom is 0.375 e. The average Bonchev–Trinajstić information content (AvgIpc) is 3.42. The number of ether oxygens (including phenoxy) is 3. The number of amides is 1. The van der Waals surface area contributed by atoms with Crippen molar-refractivity contribution in [2.75, 3.05) is 6.79 Å². The molecule has 3 aromatic rings. The lowest BCUT2D eigenvalue weighted by Crippen LogP contribution is -2.32. The van der Waals surface area contributed by atoms with Gasteiger partial charge < -0.3 is 23.9 Å². The number of carbonyl (C=O) groups excluding carboxylic acids is 2. The Bertz CT molecular complexity index is 972. The monoisotopic (exact) mass is 380 g/mol. The number of esters is 1. The molecule has 0 fully saturated rings. The molecular formula is C20H16N2O6. The van der Waals surface area contributed by atoms with Gasteiger partial charge in [-0.15, -0.1) is 0 Å². The first-order chi connectivity index (χ1) is 13.7. The second-order valence-corrected chi connectivity index (χ2v) is 5.92. The van der Waals surface area contributed by atoms with Crippen LogP contribution in [0.25, 0.3) is 0 Å². The molecule has 1 amide bonds. The van der Waals surface area contributed by atoms with Gasteiger partial charge >= 0.3 is 5.97 Å². The van der Waals surface area contributed by atoms with Gasteiger partial charge in [0.05, 0.1) is 12.0 Å². The summed E-state index contributed by atoms with van der Waals surface area (Å²) >= 11 is 0. The second-order valence-electron chi connectivity index (χ2n) is 5.92. The Morgan fingerprint density at radius 3 is 2.79 bits per heavy atom. The number of fused-ring (bicyclic) bond motifs is 1. The van der Waals surface area contributed by atoms with Crippen LogP contribution in [-0.2, 0) is 16.1 Å². The lowest BCUT2D eigenvalue weighted by atomic mass is 10.1. The fourth-order valence-corrected chi connectivity index (χ4v) is 2.67. The molecule has 1 aliphatic rings. The predicted molar refractivity (Wildman–Crippen MR) is 95.5 cm³/mol. The zero-order valence-electron chi connectivity index (χ0n) is 14.7. The van der Waals surface area contributed by atoms with Crippen LogP contribution in [0.1, 0.15) is 27.9 Å². The van der Waals surface area contributed by atoms with E-state index in [0.717, 1.165) is 5.56 Å². The summed E-state index contributed by atoms with van der Waals surface area (Å²) in [6.45, 7) is 0.396. The third-order valence-corrected chi connectivity index (χ3v) is 4.05. The van der Waals surface area contributed by atoms with Crippen molar-refractivity contribution in [2.24, 2.45) is 0 Å². The number of hydrogen-bond acceptors (Lipinski definition) is 7. The standard InChI is InChI=1S/C20H16N2O6/c23-19(22-11-13-6-7-15-17(10-13)27-12-26-15)18(14-4-1-2-8-21-14)28-20(24)16-5-3-9-25-16/h1-10,18H,11-12H2,(H,22,23). The molecule has 0 spiro atoms. The molecule has 3 heterocycles. The van der Waals surface area contributed by atoms with Crippen molar-refractivity contribution in [1.29, 1.82) is 0 Å². The average molecular weight is 380 g/mol. The van der Waals surface area contributed by atoms with E-state index in [1.807, 2.05) is 6.07 Å². The smallest absolute Gasteiger partial charge is 0.375 e. The molecule has 0 saturated carbocycles. The molecule has 8 nitrogen and oxygen atoms in total. The van der Waals surface area contributed by atoms with Crippen LogP contribution in [0.5, 0.6) is 11.5 Å². The van der Waals surface area contributed by atoms with E-state index >= 15 is 0 Å². The lowest BCUT2D eigenvalue weighted by molar-refractivity contribution is -0.130. The summed E-state index contributed by atoms with van der Waals surface area (Å²) in [5, 5.41) is 2.76. The number of nitrogens with zero attached hydrogens (tertiary/aromatic N) is 1. The highest BCUT2D eigenvalue weighted by Gasteiger charge is 2.27. The summed E-state index contributed by atoms with van der Waals surface area (Å²) in [4.78, 5) is 29.1. The second kappa shape index (κ2) is 7.83. The molecule has 2 aromatic heterocycles. The SMILES string of the molecule is O=C(OC(C(=O)NCc1ccc2c(c1)OCO2)c1ccccn1)c1ccco1. The van der Waals surface area contributed by atoms with Crippen LogP contribution < -0.4 is 14.8 Å². The van der Waals surface area contributed by atoms with E-state index < -0.39 is 18.0 Å². The van der Waals surface area contributed by atoms with Gasteiger partial charge in [-0.3, -0.25) is 9.78 Å². The van der Waals surface area contributed by atoms with Crippen molar-refractivity contribution >= 4 is 11.9 Å². The quantitative estimate of drug-likeness (QED) is 0.656. The van der Waals surface area contributed by atoms with Crippen molar-refractivity contribution in [2.45, 2.75) is 12.6 Å². The summed E-state index contributed by atoms with van der Waals surface area (Å²) in [6.07, 6.45) is 1.66. The van der Waals surface area contributed by atoms with Crippen molar-refractivity contribution in [1.82, 2.24) is 10.3 Å². The van der Waals surface area contributed by atoms with E-state index in [0.29, 0.717) is 17.2 Å². The molecule has 0 aliphatic carbocycles. The van der Waals surface area contributed by atoms with E-state index in [4.69, 9.17) is 18.6 Å². The zero-order valence-corrected chi connectivity index (χ0v) is 14.7. The predicted octanol–water partition coefficient (Wildman–Crippen LogP) is 2.62. The number of aromatic nitrogens is 1. The number of benzene rings is 1. The fraction of sp³-hybridized carbons (Fsp3) is 0.150. The van der Waals surface area contributed by atoms with Crippen molar-refractivity contribution in [3.05, 3.63) is 78.0 Å². The van der Waals surface area contributed by atoms with Gasteiger partial charge in [-0.05, 0) is 42.0 Å². The minimum absolute atomic E-state index is 0.00417. The van der Waals surface area contributed by atoms with Crippen LogP contribution in [0.2, 0.25) is 0 Å². The molecule has 0 bridgehead atoms. The third-order valence-electron chi connectivity index (χ3n) is 4.05. The number of hydrogen-bond donors (Lipinski definition) is 1. The number of carbonyl (C=O) groups is 2. The number of nitrogens with one attached hydrogen (secondary N) is 1. The molecule has 0 saturated heterocycles. The molecule has 4 rings (SSSR count). The normalized spacial score (nSPS) is 13.0. The van der Waals surface area contributed by atoms with Crippen LogP contribution in [0.4, 0.5) is 0 Å². The van der Waals surface area contributed by atoms with Gasteiger partial charge in [0.1, 0.15) is 0 Å². The lowest BCUT2D eigenvalue weighted by Gasteiger charge is -2.16. The Labute approximate surface area is 160 Å². The van der Waals surface area contributed by atoms with Crippen LogP contribution in [0, 0.1) is 0 Å². The molecule has 1 unspecified atom stereocenters. The Morgan fingerprint density at radius 1 is 1.11 bits per heavy atom. The van der Waals surface area contributed by atoms with Gasteiger partial charge in [-0.2, -0.15) is 0 Å². The number of rotatable bonds is 6. The Morgan fingerprint density at radius 2 is 2.00 bits per heavy atom. The van der Waals surface area contributed by atoms with Gasteiger partial charge in [0, 0.05) is 12.7 Å². The summed E-state index contributed by atoms with van der Waals surface area (Å²) in [7, 11) is 0. The molecule has 0 radical (unpaired) electrons. The summed E-state index contributed by atoms with van der Waals surface area (Å²) < 4.78 is 21.0. The summed E-state index contributed by atoms with van der Waals surface area (Å²) in [5.41, 5.74) is 1.13. The van der Waals surface area contributed by atoms with Gasteiger partial charge in [0.25, 0.3) is 5.91 Å². The molecule has 1 aliphatic heterocycles. The van der Waals surface area contributed by atoms with Gasteiger partial charge in [0.15, 0.2) is 11.5 Å². The van der Waals surface area contributed by atoms with E-state index in [9.17, 15) is 9.59 Å².